The quantitative estimate of drug-likeness (QED) is 0.435. The molecule has 2 N–H and O–H groups in total. The summed E-state index contributed by atoms with van der Waals surface area (Å²) in [6, 6.07) is 12.4. The molecule has 1 aromatic carbocycles. The molecular weight excluding hydrogens is 387 g/mol. The van der Waals surface area contributed by atoms with Gasteiger partial charge >= 0.3 is 0 Å². The molecule has 0 aliphatic carbocycles. The molecule has 120 valence electrons. The van der Waals surface area contributed by atoms with E-state index in [1.807, 2.05) is 12.1 Å². The number of hydrogen-bond donors (Lipinski definition) is 2. The number of benzene rings is 1. The zero-order valence-corrected chi connectivity index (χ0v) is 15.6. The highest BCUT2D eigenvalue weighted by Crippen LogP contribution is 2.07. The van der Waals surface area contributed by atoms with E-state index in [1.165, 1.54) is 11.1 Å². The van der Waals surface area contributed by atoms with Crippen molar-refractivity contribution in [2.75, 3.05) is 13.1 Å². The number of aliphatic imine (C=N–C) groups is 1. The Balaban J connectivity index is 0.00000242. The fraction of sp³-hybridized carbons (Fsp3) is 0.353. The summed E-state index contributed by atoms with van der Waals surface area (Å²) in [5.74, 6) is 0.868. The summed E-state index contributed by atoms with van der Waals surface area (Å²) >= 11 is 0. The van der Waals surface area contributed by atoms with Gasteiger partial charge in [-0.3, -0.25) is 0 Å². The topological polar surface area (TPSA) is 41.4 Å². The maximum absolute atomic E-state index is 4.65. The van der Waals surface area contributed by atoms with Gasteiger partial charge in [0.2, 0.25) is 0 Å². The SMILES string of the molecule is CCNC(=NCc1ccccc1C)NCCn1cccc1.I. The third-order valence-electron chi connectivity index (χ3n) is 3.34. The van der Waals surface area contributed by atoms with Gasteiger partial charge in [0.1, 0.15) is 0 Å². The Kier molecular flexibility index (Phi) is 8.65. The van der Waals surface area contributed by atoms with Crippen LogP contribution in [0.15, 0.2) is 53.8 Å². The number of aromatic nitrogens is 1. The van der Waals surface area contributed by atoms with Crippen molar-refractivity contribution in [2.45, 2.75) is 26.9 Å². The molecule has 1 aromatic heterocycles. The van der Waals surface area contributed by atoms with Crippen LogP contribution in [0.5, 0.6) is 0 Å². The normalized spacial score (nSPS) is 10.9. The highest BCUT2D eigenvalue weighted by molar-refractivity contribution is 14.0. The molecule has 4 nitrogen and oxygen atoms in total. The third kappa shape index (κ3) is 6.09. The molecule has 2 rings (SSSR count). The second kappa shape index (κ2) is 10.3. The van der Waals surface area contributed by atoms with Gasteiger partial charge in [-0.05, 0) is 37.1 Å². The molecule has 22 heavy (non-hydrogen) atoms. The molecule has 0 bridgehead atoms. The molecule has 1 heterocycles. The first-order valence-corrected chi connectivity index (χ1v) is 7.47. The van der Waals surface area contributed by atoms with E-state index in [2.05, 4.69) is 70.7 Å². The molecule has 5 heteroatoms. The number of hydrogen-bond acceptors (Lipinski definition) is 1. The molecule has 0 radical (unpaired) electrons. The minimum Gasteiger partial charge on any atom is -0.357 e. The summed E-state index contributed by atoms with van der Waals surface area (Å²) < 4.78 is 2.15. The largest absolute Gasteiger partial charge is 0.357 e. The van der Waals surface area contributed by atoms with Crippen LogP contribution < -0.4 is 10.6 Å². The first kappa shape index (κ1) is 18.5. The van der Waals surface area contributed by atoms with Crippen LogP contribution in [-0.2, 0) is 13.1 Å². The van der Waals surface area contributed by atoms with Crippen molar-refractivity contribution in [1.82, 2.24) is 15.2 Å². The molecule has 0 fully saturated rings. The lowest BCUT2D eigenvalue weighted by molar-refractivity contribution is 0.665. The summed E-state index contributed by atoms with van der Waals surface area (Å²) in [5.41, 5.74) is 2.55. The van der Waals surface area contributed by atoms with Crippen LogP contribution in [0, 0.1) is 6.92 Å². The van der Waals surface area contributed by atoms with Crippen molar-refractivity contribution in [1.29, 1.82) is 0 Å². The lowest BCUT2D eigenvalue weighted by atomic mass is 10.1. The zero-order chi connectivity index (χ0) is 14.9. The van der Waals surface area contributed by atoms with Gasteiger partial charge in [-0.2, -0.15) is 0 Å². The number of aryl methyl sites for hydroxylation is 1. The van der Waals surface area contributed by atoms with E-state index in [1.54, 1.807) is 0 Å². The standard InChI is InChI=1S/C17H24N4.HI/c1-3-18-17(19-10-13-21-11-6-7-12-21)20-14-16-9-5-4-8-15(16)2;/h4-9,11-12H,3,10,13-14H2,1-2H3,(H2,18,19,20);1H. The Morgan fingerprint density at radius 3 is 2.50 bits per heavy atom. The van der Waals surface area contributed by atoms with Crippen LogP contribution in [0.25, 0.3) is 0 Å². The Labute approximate surface area is 150 Å². The summed E-state index contributed by atoms with van der Waals surface area (Å²) in [5, 5.41) is 6.65. The first-order valence-electron chi connectivity index (χ1n) is 7.47. The molecular formula is C17H25IN4. The zero-order valence-electron chi connectivity index (χ0n) is 13.2. The lowest BCUT2D eigenvalue weighted by Gasteiger charge is -2.12. The number of guanidine groups is 1. The van der Waals surface area contributed by atoms with Crippen LogP contribution >= 0.6 is 24.0 Å². The van der Waals surface area contributed by atoms with Crippen LogP contribution in [0.4, 0.5) is 0 Å². The van der Waals surface area contributed by atoms with Crippen molar-refractivity contribution in [3.8, 4) is 0 Å². The Hall–Kier alpha value is -1.50. The van der Waals surface area contributed by atoms with Crippen LogP contribution in [-0.4, -0.2) is 23.6 Å². The van der Waals surface area contributed by atoms with Gasteiger partial charge in [-0.25, -0.2) is 4.99 Å². The fourth-order valence-corrected chi connectivity index (χ4v) is 2.12. The minimum atomic E-state index is 0. The van der Waals surface area contributed by atoms with Gasteiger partial charge in [0.15, 0.2) is 5.96 Å². The number of halogens is 1. The Bertz CT molecular complexity index is 564. The summed E-state index contributed by atoms with van der Waals surface area (Å²) in [4.78, 5) is 4.65. The number of nitrogens with one attached hydrogen (secondary N) is 2. The first-order chi connectivity index (χ1) is 10.3. The van der Waals surface area contributed by atoms with E-state index in [-0.39, 0.29) is 24.0 Å². The predicted octanol–water partition coefficient (Wildman–Crippen LogP) is 3.17. The summed E-state index contributed by atoms with van der Waals surface area (Å²) in [6.45, 7) is 7.55. The van der Waals surface area contributed by atoms with E-state index >= 15 is 0 Å². The third-order valence-corrected chi connectivity index (χ3v) is 3.34. The highest BCUT2D eigenvalue weighted by Gasteiger charge is 1.99. The van der Waals surface area contributed by atoms with E-state index in [0.29, 0.717) is 6.54 Å². The number of nitrogens with zero attached hydrogens (tertiary/aromatic N) is 2. The van der Waals surface area contributed by atoms with E-state index in [0.717, 1.165) is 25.6 Å². The van der Waals surface area contributed by atoms with E-state index in [9.17, 15) is 0 Å². The average Bonchev–Trinajstić information content (AvgIpc) is 2.99. The van der Waals surface area contributed by atoms with Crippen molar-refractivity contribution >= 4 is 29.9 Å². The molecule has 0 aliphatic heterocycles. The fourth-order valence-electron chi connectivity index (χ4n) is 2.12. The molecule has 0 saturated heterocycles. The maximum Gasteiger partial charge on any atom is 0.191 e. The smallest absolute Gasteiger partial charge is 0.191 e. The van der Waals surface area contributed by atoms with Gasteiger partial charge < -0.3 is 15.2 Å². The molecule has 0 amide bonds. The summed E-state index contributed by atoms with van der Waals surface area (Å²) in [6.07, 6.45) is 4.14. The monoisotopic (exact) mass is 412 g/mol. The van der Waals surface area contributed by atoms with E-state index < -0.39 is 0 Å². The molecule has 0 aliphatic rings. The lowest BCUT2D eigenvalue weighted by Crippen LogP contribution is -2.38. The van der Waals surface area contributed by atoms with Gasteiger partial charge in [0.25, 0.3) is 0 Å². The molecule has 2 aromatic rings. The van der Waals surface area contributed by atoms with Gasteiger partial charge in [0.05, 0.1) is 6.54 Å². The highest BCUT2D eigenvalue weighted by atomic mass is 127. The maximum atomic E-state index is 4.65. The van der Waals surface area contributed by atoms with Crippen molar-refractivity contribution in [3.63, 3.8) is 0 Å². The number of rotatable bonds is 6. The Morgan fingerprint density at radius 2 is 1.82 bits per heavy atom. The average molecular weight is 412 g/mol. The van der Waals surface area contributed by atoms with Crippen molar-refractivity contribution < 1.29 is 0 Å². The van der Waals surface area contributed by atoms with Gasteiger partial charge in [0, 0.05) is 32.0 Å². The van der Waals surface area contributed by atoms with Gasteiger partial charge in [-0.1, -0.05) is 24.3 Å². The second-order valence-corrected chi connectivity index (χ2v) is 4.97. The van der Waals surface area contributed by atoms with Gasteiger partial charge in [-0.15, -0.1) is 24.0 Å². The van der Waals surface area contributed by atoms with Crippen LogP contribution in [0.1, 0.15) is 18.1 Å². The minimum absolute atomic E-state index is 0. The molecule has 0 saturated carbocycles. The second-order valence-electron chi connectivity index (χ2n) is 4.97. The summed E-state index contributed by atoms with van der Waals surface area (Å²) in [7, 11) is 0. The van der Waals surface area contributed by atoms with Crippen LogP contribution in [0.2, 0.25) is 0 Å². The molecule has 0 unspecified atom stereocenters. The van der Waals surface area contributed by atoms with Crippen LogP contribution in [0.3, 0.4) is 0 Å². The molecule has 0 spiro atoms. The van der Waals surface area contributed by atoms with Crippen molar-refractivity contribution in [3.05, 3.63) is 59.9 Å². The molecule has 0 atom stereocenters. The Morgan fingerprint density at radius 1 is 1.09 bits per heavy atom. The van der Waals surface area contributed by atoms with Crippen molar-refractivity contribution in [2.24, 2.45) is 4.99 Å². The predicted molar refractivity (Wildman–Crippen MR) is 104 cm³/mol. The van der Waals surface area contributed by atoms with E-state index in [4.69, 9.17) is 0 Å².